The molecule has 0 atom stereocenters. The third-order valence-corrected chi connectivity index (χ3v) is 3.99. The standard InChI is InChI=1S/C12H16Cl2S/c13-9-5-1-2-6-10-15-12-8-4-3-7-11(12)14/h3-4,7-8H,1-2,5-6,9-10H2. The first-order valence-corrected chi connectivity index (χ1v) is 7.17. The monoisotopic (exact) mass is 262 g/mol. The summed E-state index contributed by atoms with van der Waals surface area (Å²) < 4.78 is 0. The smallest absolute Gasteiger partial charge is 0.0541 e. The molecule has 1 rings (SSSR count). The lowest BCUT2D eigenvalue weighted by atomic mass is 10.2. The highest BCUT2D eigenvalue weighted by molar-refractivity contribution is 7.99. The number of unbranched alkanes of at least 4 members (excludes halogenated alkanes) is 3. The maximum Gasteiger partial charge on any atom is 0.0541 e. The molecule has 0 saturated heterocycles. The van der Waals surface area contributed by atoms with Crippen LogP contribution in [0.3, 0.4) is 0 Å². The Balaban J connectivity index is 2.12. The molecule has 0 saturated carbocycles. The van der Waals surface area contributed by atoms with Gasteiger partial charge in [0.15, 0.2) is 0 Å². The number of thioether (sulfide) groups is 1. The number of hydrogen-bond donors (Lipinski definition) is 0. The second-order valence-corrected chi connectivity index (χ2v) is 5.30. The van der Waals surface area contributed by atoms with Gasteiger partial charge < -0.3 is 0 Å². The summed E-state index contributed by atoms with van der Waals surface area (Å²) in [7, 11) is 0. The first-order valence-electron chi connectivity index (χ1n) is 5.28. The average molecular weight is 263 g/mol. The molecule has 0 aliphatic heterocycles. The van der Waals surface area contributed by atoms with Gasteiger partial charge in [-0.3, -0.25) is 0 Å². The zero-order chi connectivity index (χ0) is 10.9. The third-order valence-electron chi connectivity index (χ3n) is 2.12. The molecule has 0 amide bonds. The quantitative estimate of drug-likeness (QED) is 0.368. The minimum atomic E-state index is 0.789. The Morgan fingerprint density at radius 3 is 2.47 bits per heavy atom. The summed E-state index contributed by atoms with van der Waals surface area (Å²) in [4.78, 5) is 1.19. The molecule has 0 fully saturated rings. The number of rotatable bonds is 7. The van der Waals surface area contributed by atoms with Gasteiger partial charge in [0.2, 0.25) is 0 Å². The molecule has 0 aliphatic carbocycles. The fourth-order valence-corrected chi connectivity index (χ4v) is 2.73. The highest BCUT2D eigenvalue weighted by atomic mass is 35.5. The van der Waals surface area contributed by atoms with Crippen LogP contribution in [0.25, 0.3) is 0 Å². The second kappa shape index (κ2) is 8.32. The summed E-state index contributed by atoms with van der Waals surface area (Å²) in [6.45, 7) is 0. The molecule has 0 N–H and O–H groups in total. The van der Waals surface area contributed by atoms with Crippen molar-refractivity contribution in [3.05, 3.63) is 29.3 Å². The zero-order valence-corrected chi connectivity index (χ0v) is 11.0. The van der Waals surface area contributed by atoms with Crippen LogP contribution in [0.5, 0.6) is 0 Å². The summed E-state index contributed by atoms with van der Waals surface area (Å²) in [5.41, 5.74) is 0. The van der Waals surface area contributed by atoms with Crippen molar-refractivity contribution in [2.45, 2.75) is 30.6 Å². The van der Waals surface area contributed by atoms with Crippen LogP contribution < -0.4 is 0 Å². The maximum absolute atomic E-state index is 6.05. The van der Waals surface area contributed by atoms with E-state index in [0.717, 1.165) is 23.1 Å². The minimum Gasteiger partial charge on any atom is -0.127 e. The van der Waals surface area contributed by atoms with Gasteiger partial charge in [-0.25, -0.2) is 0 Å². The summed E-state index contributed by atoms with van der Waals surface area (Å²) >= 11 is 13.5. The van der Waals surface area contributed by atoms with E-state index in [-0.39, 0.29) is 0 Å². The van der Waals surface area contributed by atoms with Crippen molar-refractivity contribution in [3.63, 3.8) is 0 Å². The van der Waals surface area contributed by atoms with Crippen LogP contribution in [0, 0.1) is 0 Å². The van der Waals surface area contributed by atoms with E-state index < -0.39 is 0 Å². The molecule has 84 valence electrons. The Kier molecular flexibility index (Phi) is 7.33. The normalized spacial score (nSPS) is 10.5. The fourth-order valence-electron chi connectivity index (χ4n) is 1.29. The van der Waals surface area contributed by atoms with E-state index >= 15 is 0 Å². The molecule has 0 unspecified atom stereocenters. The predicted octanol–water partition coefficient (Wildman–Crippen LogP) is 5.23. The lowest BCUT2D eigenvalue weighted by Crippen LogP contribution is -1.83. The Morgan fingerprint density at radius 1 is 1.00 bits per heavy atom. The van der Waals surface area contributed by atoms with E-state index in [1.807, 2.05) is 30.0 Å². The number of halogens is 2. The first-order chi connectivity index (χ1) is 7.34. The van der Waals surface area contributed by atoms with Crippen molar-refractivity contribution in [1.29, 1.82) is 0 Å². The molecule has 1 aromatic carbocycles. The van der Waals surface area contributed by atoms with Crippen LogP contribution in [-0.2, 0) is 0 Å². The van der Waals surface area contributed by atoms with Crippen molar-refractivity contribution in [2.75, 3.05) is 11.6 Å². The average Bonchev–Trinajstić information content (AvgIpc) is 2.25. The molecule has 15 heavy (non-hydrogen) atoms. The molecule has 0 bridgehead atoms. The Hall–Kier alpha value is 0.150. The number of alkyl halides is 1. The Bertz CT molecular complexity index is 276. The van der Waals surface area contributed by atoms with E-state index in [1.54, 1.807) is 0 Å². The van der Waals surface area contributed by atoms with Crippen LogP contribution >= 0.6 is 35.0 Å². The van der Waals surface area contributed by atoms with E-state index in [2.05, 4.69) is 6.07 Å². The van der Waals surface area contributed by atoms with E-state index in [4.69, 9.17) is 23.2 Å². The van der Waals surface area contributed by atoms with Crippen molar-refractivity contribution in [3.8, 4) is 0 Å². The van der Waals surface area contributed by atoms with Crippen LogP contribution in [0.1, 0.15) is 25.7 Å². The van der Waals surface area contributed by atoms with E-state index in [0.29, 0.717) is 0 Å². The van der Waals surface area contributed by atoms with Gasteiger partial charge in [0.05, 0.1) is 5.02 Å². The van der Waals surface area contributed by atoms with Crippen molar-refractivity contribution in [2.24, 2.45) is 0 Å². The van der Waals surface area contributed by atoms with Gasteiger partial charge in [-0.2, -0.15) is 0 Å². The maximum atomic E-state index is 6.05. The zero-order valence-electron chi connectivity index (χ0n) is 8.72. The molecule has 0 spiro atoms. The Morgan fingerprint density at radius 2 is 1.73 bits per heavy atom. The second-order valence-electron chi connectivity index (χ2n) is 3.38. The summed E-state index contributed by atoms with van der Waals surface area (Å²) in [6, 6.07) is 8.01. The van der Waals surface area contributed by atoms with Crippen LogP contribution in [-0.4, -0.2) is 11.6 Å². The largest absolute Gasteiger partial charge is 0.127 e. The van der Waals surface area contributed by atoms with Crippen molar-refractivity contribution in [1.82, 2.24) is 0 Å². The summed E-state index contributed by atoms with van der Waals surface area (Å²) in [5.74, 6) is 1.93. The highest BCUT2D eigenvalue weighted by Gasteiger charge is 1.98. The minimum absolute atomic E-state index is 0.789. The lowest BCUT2D eigenvalue weighted by Gasteiger charge is -2.03. The molecular formula is C12H16Cl2S. The molecule has 1 aromatic rings. The van der Waals surface area contributed by atoms with Crippen LogP contribution in [0.2, 0.25) is 5.02 Å². The van der Waals surface area contributed by atoms with Gasteiger partial charge in [-0.15, -0.1) is 23.4 Å². The van der Waals surface area contributed by atoms with Crippen molar-refractivity contribution >= 4 is 35.0 Å². The van der Waals surface area contributed by atoms with E-state index in [9.17, 15) is 0 Å². The molecule has 0 radical (unpaired) electrons. The fraction of sp³-hybridized carbons (Fsp3) is 0.500. The van der Waals surface area contributed by atoms with Gasteiger partial charge in [0.25, 0.3) is 0 Å². The number of benzene rings is 1. The molecule has 3 heteroatoms. The van der Waals surface area contributed by atoms with Crippen LogP contribution in [0.4, 0.5) is 0 Å². The van der Waals surface area contributed by atoms with Crippen LogP contribution in [0.15, 0.2) is 29.2 Å². The number of hydrogen-bond acceptors (Lipinski definition) is 1. The highest BCUT2D eigenvalue weighted by Crippen LogP contribution is 2.27. The van der Waals surface area contributed by atoms with Gasteiger partial charge in [0, 0.05) is 10.8 Å². The molecule has 0 aliphatic rings. The molecule has 0 aromatic heterocycles. The Labute approximate surface area is 106 Å². The lowest BCUT2D eigenvalue weighted by molar-refractivity contribution is 0.709. The van der Waals surface area contributed by atoms with Gasteiger partial charge in [0.1, 0.15) is 0 Å². The first kappa shape index (κ1) is 13.2. The van der Waals surface area contributed by atoms with Gasteiger partial charge in [-0.1, -0.05) is 36.6 Å². The molecular weight excluding hydrogens is 247 g/mol. The topological polar surface area (TPSA) is 0 Å². The summed E-state index contributed by atoms with van der Waals surface area (Å²) in [5, 5.41) is 0.864. The summed E-state index contributed by atoms with van der Waals surface area (Å²) in [6.07, 6.45) is 4.89. The van der Waals surface area contributed by atoms with Gasteiger partial charge >= 0.3 is 0 Å². The van der Waals surface area contributed by atoms with Crippen molar-refractivity contribution < 1.29 is 0 Å². The predicted molar refractivity (Wildman–Crippen MR) is 71.4 cm³/mol. The van der Waals surface area contributed by atoms with Gasteiger partial charge in [-0.05, 0) is 30.7 Å². The molecule has 0 nitrogen and oxygen atoms in total. The molecule has 0 heterocycles. The van der Waals surface area contributed by atoms with E-state index in [1.165, 1.54) is 24.2 Å². The third kappa shape index (κ3) is 5.70. The SMILES string of the molecule is ClCCCCCCSc1ccccc1Cl.